The maximum atomic E-state index is 12.3. The van der Waals surface area contributed by atoms with E-state index in [1.165, 1.54) is 12.1 Å². The van der Waals surface area contributed by atoms with Crippen molar-refractivity contribution in [2.45, 2.75) is 0 Å². The predicted octanol–water partition coefficient (Wildman–Crippen LogP) is 2.64. The topological polar surface area (TPSA) is 69.7 Å². The van der Waals surface area contributed by atoms with Crippen molar-refractivity contribution in [3.8, 4) is 0 Å². The fourth-order valence-electron chi connectivity index (χ4n) is 2.59. The summed E-state index contributed by atoms with van der Waals surface area (Å²) in [7, 11) is 3.84. The second-order valence-electron chi connectivity index (χ2n) is 5.88. The molecular formula is C18H16ClN3O3. The van der Waals surface area contributed by atoms with Gasteiger partial charge in [-0.25, -0.2) is 0 Å². The summed E-state index contributed by atoms with van der Waals surface area (Å²) < 4.78 is 0. The Morgan fingerprint density at radius 1 is 1.04 bits per heavy atom. The number of rotatable bonds is 4. The number of nitrogens with zero attached hydrogens (tertiary/aromatic N) is 2. The third kappa shape index (κ3) is 3.34. The number of fused-ring (bicyclic) bond motifs is 1. The van der Waals surface area contributed by atoms with Crippen LogP contribution in [0.5, 0.6) is 0 Å². The van der Waals surface area contributed by atoms with Gasteiger partial charge in [0.2, 0.25) is 5.91 Å². The van der Waals surface area contributed by atoms with Gasteiger partial charge in [-0.2, -0.15) is 0 Å². The third-order valence-corrected chi connectivity index (χ3v) is 4.14. The molecule has 0 radical (unpaired) electrons. The van der Waals surface area contributed by atoms with Crippen LogP contribution < -0.4 is 10.2 Å². The van der Waals surface area contributed by atoms with Gasteiger partial charge in [-0.1, -0.05) is 11.6 Å². The summed E-state index contributed by atoms with van der Waals surface area (Å²) in [6, 6.07) is 11.7. The van der Waals surface area contributed by atoms with E-state index in [9.17, 15) is 14.4 Å². The molecule has 0 saturated carbocycles. The second kappa shape index (κ2) is 6.57. The number of anilines is 2. The van der Waals surface area contributed by atoms with Crippen LogP contribution in [0.2, 0.25) is 5.02 Å². The summed E-state index contributed by atoms with van der Waals surface area (Å²) >= 11 is 5.87. The van der Waals surface area contributed by atoms with Gasteiger partial charge in [0, 0.05) is 30.5 Å². The van der Waals surface area contributed by atoms with Gasteiger partial charge in [-0.05, 0) is 42.5 Å². The molecule has 1 N–H and O–H groups in total. The lowest BCUT2D eigenvalue weighted by Crippen LogP contribution is -2.37. The van der Waals surface area contributed by atoms with Gasteiger partial charge in [0.15, 0.2) is 0 Å². The van der Waals surface area contributed by atoms with Crippen molar-refractivity contribution < 1.29 is 14.4 Å². The quantitative estimate of drug-likeness (QED) is 0.854. The van der Waals surface area contributed by atoms with Gasteiger partial charge in [-0.15, -0.1) is 0 Å². The molecule has 6 nitrogen and oxygen atoms in total. The van der Waals surface area contributed by atoms with Crippen LogP contribution in [0.4, 0.5) is 11.4 Å². The molecule has 2 aromatic rings. The summed E-state index contributed by atoms with van der Waals surface area (Å²) in [6.45, 7) is -0.348. The van der Waals surface area contributed by atoms with E-state index >= 15 is 0 Å². The van der Waals surface area contributed by atoms with E-state index in [0.29, 0.717) is 10.7 Å². The molecule has 3 amide bonds. The Hall–Kier alpha value is -2.86. The van der Waals surface area contributed by atoms with E-state index in [4.69, 9.17) is 11.6 Å². The number of nitrogens with one attached hydrogen (secondary N) is 1. The summed E-state index contributed by atoms with van der Waals surface area (Å²) in [5, 5.41) is 3.05. The van der Waals surface area contributed by atoms with E-state index in [2.05, 4.69) is 5.32 Å². The lowest BCUT2D eigenvalue weighted by atomic mass is 10.1. The summed E-state index contributed by atoms with van der Waals surface area (Å²) in [6.07, 6.45) is 0. The van der Waals surface area contributed by atoms with Crippen molar-refractivity contribution in [3.05, 3.63) is 58.6 Å². The first kappa shape index (κ1) is 17.0. The highest BCUT2D eigenvalue weighted by atomic mass is 35.5. The van der Waals surface area contributed by atoms with E-state index < -0.39 is 17.7 Å². The van der Waals surface area contributed by atoms with Crippen molar-refractivity contribution >= 4 is 40.7 Å². The molecule has 1 aliphatic heterocycles. The number of hydrogen-bond donors (Lipinski definition) is 1. The smallest absolute Gasteiger partial charge is 0.262 e. The van der Waals surface area contributed by atoms with Crippen LogP contribution in [0.3, 0.4) is 0 Å². The Morgan fingerprint density at radius 3 is 2.32 bits per heavy atom. The van der Waals surface area contributed by atoms with Gasteiger partial charge >= 0.3 is 0 Å². The molecular weight excluding hydrogens is 342 g/mol. The zero-order valence-corrected chi connectivity index (χ0v) is 14.5. The molecule has 0 aromatic heterocycles. The Morgan fingerprint density at radius 2 is 1.68 bits per heavy atom. The minimum Gasteiger partial charge on any atom is -0.378 e. The zero-order chi connectivity index (χ0) is 18.1. The van der Waals surface area contributed by atoms with Crippen LogP contribution in [-0.4, -0.2) is 43.3 Å². The molecule has 3 rings (SSSR count). The van der Waals surface area contributed by atoms with Crippen LogP contribution in [0.15, 0.2) is 42.5 Å². The van der Waals surface area contributed by atoms with Crippen LogP contribution in [0, 0.1) is 0 Å². The molecule has 0 saturated heterocycles. The van der Waals surface area contributed by atoms with E-state index in [0.717, 1.165) is 10.6 Å². The molecule has 2 aromatic carbocycles. The Balaban J connectivity index is 1.69. The molecule has 1 heterocycles. The highest BCUT2D eigenvalue weighted by Crippen LogP contribution is 2.25. The second-order valence-corrected chi connectivity index (χ2v) is 6.31. The van der Waals surface area contributed by atoms with Crippen molar-refractivity contribution in [1.29, 1.82) is 0 Å². The van der Waals surface area contributed by atoms with Gasteiger partial charge in [0.05, 0.1) is 11.1 Å². The molecule has 25 heavy (non-hydrogen) atoms. The Kier molecular flexibility index (Phi) is 4.46. The molecule has 0 bridgehead atoms. The number of carbonyl (C=O) groups excluding carboxylic acids is 3. The fourth-order valence-corrected chi connectivity index (χ4v) is 2.77. The zero-order valence-electron chi connectivity index (χ0n) is 13.7. The normalized spacial score (nSPS) is 13.0. The van der Waals surface area contributed by atoms with Gasteiger partial charge < -0.3 is 10.2 Å². The number of amides is 3. The van der Waals surface area contributed by atoms with E-state index in [1.807, 2.05) is 31.1 Å². The van der Waals surface area contributed by atoms with Crippen LogP contribution in [0.1, 0.15) is 20.7 Å². The molecule has 7 heteroatoms. The van der Waals surface area contributed by atoms with E-state index in [-0.39, 0.29) is 17.7 Å². The van der Waals surface area contributed by atoms with Crippen molar-refractivity contribution in [1.82, 2.24) is 4.90 Å². The predicted molar refractivity (Wildman–Crippen MR) is 96.2 cm³/mol. The lowest BCUT2D eigenvalue weighted by Gasteiger charge is -2.15. The average molecular weight is 358 g/mol. The first-order chi connectivity index (χ1) is 11.9. The average Bonchev–Trinajstić information content (AvgIpc) is 2.80. The number of carbonyl (C=O) groups is 3. The monoisotopic (exact) mass is 357 g/mol. The highest BCUT2D eigenvalue weighted by Gasteiger charge is 2.36. The number of benzene rings is 2. The maximum Gasteiger partial charge on any atom is 0.262 e. The van der Waals surface area contributed by atoms with E-state index in [1.54, 1.807) is 18.2 Å². The standard InChI is InChI=1S/C18H16ClN3O3/c1-21(2)13-6-4-12(5-7-13)20-16(23)10-22-17(24)14-8-3-11(19)9-15(14)18(22)25/h3-9H,10H2,1-2H3,(H,20,23). The largest absolute Gasteiger partial charge is 0.378 e. The fraction of sp³-hybridized carbons (Fsp3) is 0.167. The van der Waals surface area contributed by atoms with Gasteiger partial charge in [-0.3, -0.25) is 19.3 Å². The third-order valence-electron chi connectivity index (χ3n) is 3.90. The van der Waals surface area contributed by atoms with Crippen LogP contribution >= 0.6 is 11.6 Å². The van der Waals surface area contributed by atoms with Crippen molar-refractivity contribution in [2.24, 2.45) is 0 Å². The van der Waals surface area contributed by atoms with Crippen LogP contribution in [0.25, 0.3) is 0 Å². The van der Waals surface area contributed by atoms with Crippen molar-refractivity contribution in [3.63, 3.8) is 0 Å². The summed E-state index contributed by atoms with van der Waals surface area (Å²) in [4.78, 5) is 39.7. The van der Waals surface area contributed by atoms with Crippen LogP contribution in [-0.2, 0) is 4.79 Å². The number of imide groups is 1. The SMILES string of the molecule is CN(C)c1ccc(NC(=O)CN2C(=O)c3ccc(Cl)cc3C2=O)cc1. The minimum absolute atomic E-state index is 0.223. The van der Waals surface area contributed by atoms with Gasteiger partial charge in [0.25, 0.3) is 11.8 Å². The molecule has 128 valence electrons. The minimum atomic E-state index is -0.513. The summed E-state index contributed by atoms with van der Waals surface area (Å²) in [5.41, 5.74) is 2.07. The lowest BCUT2D eigenvalue weighted by molar-refractivity contribution is -0.116. The molecule has 1 aliphatic rings. The number of halogens is 1. The van der Waals surface area contributed by atoms with Crippen molar-refractivity contribution in [2.75, 3.05) is 30.9 Å². The molecule has 0 fully saturated rings. The first-order valence-electron chi connectivity index (χ1n) is 7.60. The molecule has 0 spiro atoms. The van der Waals surface area contributed by atoms with Gasteiger partial charge in [0.1, 0.15) is 6.54 Å². The Bertz CT molecular complexity index is 862. The maximum absolute atomic E-state index is 12.3. The first-order valence-corrected chi connectivity index (χ1v) is 7.97. The molecule has 0 atom stereocenters. The molecule has 0 aliphatic carbocycles. The summed E-state index contributed by atoms with van der Waals surface area (Å²) in [5.74, 6) is -1.45. The number of hydrogen-bond acceptors (Lipinski definition) is 4. The highest BCUT2D eigenvalue weighted by molar-refractivity contribution is 6.32. The molecule has 0 unspecified atom stereocenters. The Labute approximate surface area is 150 Å².